The minimum absolute atomic E-state index is 0.124. The third-order valence-corrected chi connectivity index (χ3v) is 7.48. The maximum atomic E-state index is 13.8. The van der Waals surface area contributed by atoms with Gasteiger partial charge in [-0.15, -0.1) is 0 Å². The summed E-state index contributed by atoms with van der Waals surface area (Å²) in [5.41, 5.74) is 7.55. The van der Waals surface area contributed by atoms with Crippen molar-refractivity contribution in [3.8, 4) is 0 Å². The number of piperidine rings is 1. The molecule has 5 heteroatoms. The van der Waals surface area contributed by atoms with E-state index in [4.69, 9.17) is 5.73 Å². The Bertz CT molecular complexity index is 955. The van der Waals surface area contributed by atoms with Crippen molar-refractivity contribution in [3.05, 3.63) is 71.0 Å². The lowest BCUT2D eigenvalue weighted by Gasteiger charge is -2.41. The van der Waals surface area contributed by atoms with E-state index in [1.807, 2.05) is 18.7 Å². The van der Waals surface area contributed by atoms with Gasteiger partial charge in [0, 0.05) is 24.5 Å². The van der Waals surface area contributed by atoms with Gasteiger partial charge in [0.1, 0.15) is 5.82 Å². The minimum Gasteiger partial charge on any atom is -0.375 e. The van der Waals surface area contributed by atoms with E-state index in [9.17, 15) is 14.3 Å². The molecule has 1 aliphatic carbocycles. The Labute approximate surface area is 197 Å². The molecule has 2 fully saturated rings. The Morgan fingerprint density at radius 1 is 1.03 bits per heavy atom. The van der Waals surface area contributed by atoms with Crippen LogP contribution in [0.3, 0.4) is 0 Å². The standard InChI is InChI=1S/C28H37FN2O2/c1-27(2,30)19-21-7-3-6-10-25(21)20-15-17-31(18-16-20)26(32)28(33,22-8-4-5-9-22)23-11-13-24(29)14-12-23/h3,6-7,10-14,20,22,33H,4-5,8-9,15-19,30H2,1-2H3. The monoisotopic (exact) mass is 452 g/mol. The van der Waals surface area contributed by atoms with Gasteiger partial charge in [0.15, 0.2) is 5.60 Å². The average molecular weight is 453 g/mol. The quantitative estimate of drug-likeness (QED) is 0.656. The molecule has 1 aliphatic heterocycles. The number of halogens is 1. The van der Waals surface area contributed by atoms with Crippen molar-refractivity contribution in [2.24, 2.45) is 11.7 Å². The van der Waals surface area contributed by atoms with Crippen molar-refractivity contribution in [2.45, 2.75) is 75.9 Å². The lowest BCUT2D eigenvalue weighted by molar-refractivity contribution is -0.160. The molecular weight excluding hydrogens is 415 g/mol. The normalized spacial score (nSPS) is 20.1. The van der Waals surface area contributed by atoms with Crippen molar-refractivity contribution in [3.63, 3.8) is 0 Å². The van der Waals surface area contributed by atoms with E-state index >= 15 is 0 Å². The van der Waals surface area contributed by atoms with Crippen LogP contribution in [0.15, 0.2) is 48.5 Å². The molecule has 4 nitrogen and oxygen atoms in total. The zero-order chi connectivity index (χ0) is 23.6. The van der Waals surface area contributed by atoms with Gasteiger partial charge in [-0.25, -0.2) is 4.39 Å². The van der Waals surface area contributed by atoms with E-state index in [0.29, 0.717) is 24.6 Å². The highest BCUT2D eigenvalue weighted by Crippen LogP contribution is 2.43. The number of nitrogens with two attached hydrogens (primary N) is 1. The number of likely N-dealkylation sites (tertiary alicyclic amines) is 1. The number of rotatable bonds is 6. The van der Waals surface area contributed by atoms with E-state index in [1.165, 1.54) is 23.3 Å². The van der Waals surface area contributed by atoms with Gasteiger partial charge in [0.05, 0.1) is 0 Å². The first-order chi connectivity index (χ1) is 15.7. The van der Waals surface area contributed by atoms with E-state index < -0.39 is 5.60 Å². The average Bonchev–Trinajstić information content (AvgIpc) is 3.34. The molecular formula is C28H37FN2O2. The topological polar surface area (TPSA) is 66.6 Å². The number of amides is 1. The maximum Gasteiger partial charge on any atom is 0.259 e. The summed E-state index contributed by atoms with van der Waals surface area (Å²) >= 11 is 0. The molecule has 4 rings (SSSR count). The highest BCUT2D eigenvalue weighted by molar-refractivity contribution is 5.87. The van der Waals surface area contributed by atoms with Gasteiger partial charge in [-0.1, -0.05) is 49.2 Å². The van der Waals surface area contributed by atoms with E-state index in [2.05, 4.69) is 24.3 Å². The van der Waals surface area contributed by atoms with Gasteiger partial charge in [0.25, 0.3) is 5.91 Å². The summed E-state index contributed by atoms with van der Waals surface area (Å²) < 4.78 is 13.6. The van der Waals surface area contributed by atoms with Crippen LogP contribution in [0.5, 0.6) is 0 Å². The molecule has 178 valence electrons. The molecule has 0 aromatic heterocycles. The molecule has 1 unspecified atom stereocenters. The zero-order valence-corrected chi connectivity index (χ0v) is 19.9. The smallest absolute Gasteiger partial charge is 0.259 e. The van der Waals surface area contributed by atoms with Crippen LogP contribution in [0.25, 0.3) is 0 Å². The van der Waals surface area contributed by atoms with Gasteiger partial charge < -0.3 is 15.7 Å². The summed E-state index contributed by atoms with van der Waals surface area (Å²) in [4.78, 5) is 15.6. The number of hydrogen-bond acceptors (Lipinski definition) is 3. The van der Waals surface area contributed by atoms with Crippen LogP contribution < -0.4 is 5.73 Å². The van der Waals surface area contributed by atoms with Crippen LogP contribution in [0.4, 0.5) is 4.39 Å². The Balaban J connectivity index is 1.52. The summed E-state index contributed by atoms with van der Waals surface area (Å²) in [5, 5.41) is 11.8. The SMILES string of the molecule is CC(C)(N)Cc1ccccc1C1CCN(C(=O)C(O)(c2ccc(F)cc2)C2CCCC2)CC1. The number of aliphatic hydroxyl groups is 1. The Hall–Kier alpha value is -2.24. The van der Waals surface area contributed by atoms with Gasteiger partial charge in [0.2, 0.25) is 0 Å². The summed E-state index contributed by atoms with van der Waals surface area (Å²) in [6, 6.07) is 14.3. The molecule has 0 bridgehead atoms. The molecule has 0 radical (unpaired) electrons. The summed E-state index contributed by atoms with van der Waals surface area (Å²) in [7, 11) is 0. The fourth-order valence-electron chi connectivity index (χ4n) is 5.80. The van der Waals surface area contributed by atoms with E-state index in [1.54, 1.807) is 12.1 Å². The highest BCUT2D eigenvalue weighted by Gasteiger charge is 2.48. The maximum absolute atomic E-state index is 13.8. The van der Waals surface area contributed by atoms with Crippen molar-refractivity contribution in [1.29, 1.82) is 0 Å². The molecule has 1 heterocycles. The minimum atomic E-state index is -1.58. The van der Waals surface area contributed by atoms with Crippen molar-refractivity contribution in [2.75, 3.05) is 13.1 Å². The predicted molar refractivity (Wildman–Crippen MR) is 129 cm³/mol. The molecule has 2 aliphatic rings. The van der Waals surface area contributed by atoms with E-state index in [0.717, 1.165) is 44.9 Å². The molecule has 1 saturated carbocycles. The summed E-state index contributed by atoms with van der Waals surface area (Å²) in [6.45, 7) is 5.31. The van der Waals surface area contributed by atoms with Crippen LogP contribution in [-0.2, 0) is 16.8 Å². The zero-order valence-electron chi connectivity index (χ0n) is 19.9. The van der Waals surface area contributed by atoms with Gasteiger partial charge in [-0.3, -0.25) is 4.79 Å². The second-order valence-corrected chi connectivity index (χ2v) is 10.7. The molecule has 2 aromatic rings. The molecule has 0 spiro atoms. The summed E-state index contributed by atoms with van der Waals surface area (Å²) in [5.74, 6) is -0.338. The third kappa shape index (κ3) is 5.15. The lowest BCUT2D eigenvalue weighted by atomic mass is 9.78. The van der Waals surface area contributed by atoms with Gasteiger partial charge in [-0.05, 0) is 80.7 Å². The Kier molecular flexibility index (Phi) is 6.92. The van der Waals surface area contributed by atoms with Crippen molar-refractivity contribution < 1.29 is 14.3 Å². The first-order valence-corrected chi connectivity index (χ1v) is 12.3. The Morgan fingerprint density at radius 2 is 1.64 bits per heavy atom. The van der Waals surface area contributed by atoms with Crippen LogP contribution >= 0.6 is 0 Å². The van der Waals surface area contributed by atoms with Crippen LogP contribution in [0.2, 0.25) is 0 Å². The fourth-order valence-corrected chi connectivity index (χ4v) is 5.80. The second kappa shape index (κ2) is 9.55. The molecule has 2 aromatic carbocycles. The first kappa shape index (κ1) is 23.9. The van der Waals surface area contributed by atoms with Gasteiger partial charge >= 0.3 is 0 Å². The number of carbonyl (C=O) groups is 1. The third-order valence-electron chi connectivity index (χ3n) is 7.48. The molecule has 1 saturated heterocycles. The number of hydrogen-bond donors (Lipinski definition) is 2. The van der Waals surface area contributed by atoms with Crippen LogP contribution in [0.1, 0.15) is 75.0 Å². The van der Waals surface area contributed by atoms with Crippen molar-refractivity contribution in [1.82, 2.24) is 4.90 Å². The fraction of sp³-hybridized carbons (Fsp3) is 0.536. The largest absolute Gasteiger partial charge is 0.375 e. The molecule has 1 amide bonds. The first-order valence-electron chi connectivity index (χ1n) is 12.3. The number of nitrogens with zero attached hydrogens (tertiary/aromatic N) is 1. The van der Waals surface area contributed by atoms with Gasteiger partial charge in [-0.2, -0.15) is 0 Å². The Morgan fingerprint density at radius 3 is 2.24 bits per heavy atom. The highest BCUT2D eigenvalue weighted by atomic mass is 19.1. The lowest BCUT2D eigenvalue weighted by Crippen LogP contribution is -2.52. The number of carbonyl (C=O) groups excluding carboxylic acids is 1. The predicted octanol–water partition coefficient (Wildman–Crippen LogP) is 4.89. The van der Waals surface area contributed by atoms with Crippen LogP contribution in [0, 0.1) is 11.7 Å². The summed E-state index contributed by atoms with van der Waals surface area (Å²) in [6.07, 6.45) is 6.19. The van der Waals surface area contributed by atoms with E-state index in [-0.39, 0.29) is 23.2 Å². The number of benzene rings is 2. The molecule has 33 heavy (non-hydrogen) atoms. The second-order valence-electron chi connectivity index (χ2n) is 10.7. The molecule has 3 N–H and O–H groups in total. The van der Waals surface area contributed by atoms with Crippen molar-refractivity contribution >= 4 is 5.91 Å². The molecule has 1 atom stereocenters. The van der Waals surface area contributed by atoms with Crippen LogP contribution in [-0.4, -0.2) is 34.5 Å².